The molecule has 2 aromatic carbocycles. The third-order valence-corrected chi connectivity index (χ3v) is 5.50. The molecule has 1 aromatic heterocycles. The first-order chi connectivity index (χ1) is 14.0. The van der Waals surface area contributed by atoms with Crippen LogP contribution in [0.3, 0.4) is 0 Å². The van der Waals surface area contributed by atoms with Crippen molar-refractivity contribution in [3.8, 4) is 5.75 Å². The fraction of sp³-hybridized carbons (Fsp3) is 0.227. The van der Waals surface area contributed by atoms with E-state index in [1.165, 1.54) is 0 Å². The molecule has 0 saturated heterocycles. The van der Waals surface area contributed by atoms with E-state index in [1.807, 2.05) is 19.1 Å². The van der Waals surface area contributed by atoms with E-state index in [4.69, 9.17) is 9.57 Å². The van der Waals surface area contributed by atoms with E-state index in [9.17, 15) is 14.4 Å². The molecule has 1 fully saturated rings. The lowest BCUT2D eigenvalue weighted by molar-refractivity contribution is -0.0583. The molecule has 0 bridgehead atoms. The number of hydrogen-bond acceptors (Lipinski definition) is 5. The maximum absolute atomic E-state index is 13.1. The Kier molecular flexibility index (Phi) is 3.74. The highest BCUT2D eigenvalue weighted by atomic mass is 16.7. The number of hydrogen-bond donors (Lipinski definition) is 0. The normalized spacial score (nSPS) is 15.7. The van der Waals surface area contributed by atoms with Crippen LogP contribution in [0.5, 0.6) is 5.75 Å². The number of nitrogens with zero attached hydrogens (tertiary/aromatic N) is 2. The third-order valence-electron chi connectivity index (χ3n) is 5.50. The highest BCUT2D eigenvalue weighted by molar-refractivity contribution is 6.21. The van der Waals surface area contributed by atoms with Crippen molar-refractivity contribution in [2.45, 2.75) is 25.8 Å². The molecule has 2 amide bonds. The molecular weight excluding hydrogens is 372 g/mol. The summed E-state index contributed by atoms with van der Waals surface area (Å²) in [7, 11) is 1.56. The van der Waals surface area contributed by atoms with Gasteiger partial charge in [0.05, 0.1) is 23.8 Å². The van der Waals surface area contributed by atoms with E-state index in [-0.39, 0.29) is 11.1 Å². The molecule has 5 rings (SSSR count). The molecular formula is C22H18N2O5. The second kappa shape index (κ2) is 6.20. The molecule has 2 heterocycles. The molecule has 1 aliphatic heterocycles. The number of amides is 2. The number of benzene rings is 2. The zero-order valence-electron chi connectivity index (χ0n) is 16.0. The molecule has 2 aliphatic rings. The van der Waals surface area contributed by atoms with Gasteiger partial charge in [-0.2, -0.15) is 0 Å². The Morgan fingerprint density at radius 3 is 2.28 bits per heavy atom. The highest BCUT2D eigenvalue weighted by Gasteiger charge is 2.40. The highest BCUT2D eigenvalue weighted by Crippen LogP contribution is 2.42. The van der Waals surface area contributed by atoms with Crippen LogP contribution in [0.15, 0.2) is 42.5 Å². The predicted molar refractivity (Wildman–Crippen MR) is 104 cm³/mol. The molecule has 0 N–H and O–H groups in total. The van der Waals surface area contributed by atoms with E-state index in [1.54, 1.807) is 37.4 Å². The summed E-state index contributed by atoms with van der Waals surface area (Å²) in [5.41, 5.74) is 2.44. The molecule has 0 spiro atoms. The fourth-order valence-corrected chi connectivity index (χ4v) is 3.99. The average molecular weight is 390 g/mol. The van der Waals surface area contributed by atoms with Gasteiger partial charge in [0.15, 0.2) is 0 Å². The van der Waals surface area contributed by atoms with Gasteiger partial charge in [0.25, 0.3) is 11.8 Å². The number of ether oxygens (including phenoxy) is 1. The van der Waals surface area contributed by atoms with Crippen molar-refractivity contribution in [2.75, 3.05) is 7.11 Å². The van der Waals surface area contributed by atoms with Crippen molar-refractivity contribution in [3.05, 3.63) is 64.8 Å². The van der Waals surface area contributed by atoms with Crippen LogP contribution in [0, 0.1) is 6.92 Å². The van der Waals surface area contributed by atoms with Crippen molar-refractivity contribution in [1.29, 1.82) is 0 Å². The summed E-state index contributed by atoms with van der Waals surface area (Å²) < 4.78 is 7.43. The minimum absolute atomic E-state index is 0.226. The molecule has 0 atom stereocenters. The van der Waals surface area contributed by atoms with Crippen LogP contribution in [-0.4, -0.2) is 34.5 Å². The first-order valence-corrected chi connectivity index (χ1v) is 9.40. The van der Waals surface area contributed by atoms with Gasteiger partial charge in [0, 0.05) is 22.6 Å². The van der Waals surface area contributed by atoms with E-state index in [0.717, 1.165) is 24.1 Å². The quantitative estimate of drug-likeness (QED) is 0.636. The predicted octanol–water partition coefficient (Wildman–Crippen LogP) is 3.66. The number of imide groups is 1. The third kappa shape index (κ3) is 2.54. The van der Waals surface area contributed by atoms with Crippen LogP contribution in [0.25, 0.3) is 10.9 Å². The zero-order chi connectivity index (χ0) is 20.3. The van der Waals surface area contributed by atoms with E-state index in [0.29, 0.717) is 27.8 Å². The number of fused-ring (bicyclic) bond motifs is 2. The van der Waals surface area contributed by atoms with Crippen LogP contribution in [0.4, 0.5) is 0 Å². The minimum atomic E-state index is -0.741. The maximum atomic E-state index is 13.1. The Bertz CT molecular complexity index is 1170. The van der Waals surface area contributed by atoms with Crippen molar-refractivity contribution < 1.29 is 24.0 Å². The van der Waals surface area contributed by atoms with Crippen LogP contribution < -0.4 is 4.74 Å². The average Bonchev–Trinajstić information content (AvgIpc) is 3.48. The number of rotatable bonds is 4. The molecule has 7 nitrogen and oxygen atoms in total. The standard InChI is InChI=1S/C22H18N2O5/c1-12-19(17-11-14(28-2)9-10-18(17)23(12)13-7-8-13)22(27)29-24-20(25)15-5-3-4-6-16(15)21(24)26/h3-6,9-11,13H,7-8H2,1-2H3. The van der Waals surface area contributed by atoms with Gasteiger partial charge in [0.2, 0.25) is 0 Å². The van der Waals surface area contributed by atoms with Gasteiger partial charge in [-0.3, -0.25) is 9.59 Å². The topological polar surface area (TPSA) is 77.8 Å². The van der Waals surface area contributed by atoms with Crippen molar-refractivity contribution in [3.63, 3.8) is 0 Å². The van der Waals surface area contributed by atoms with Gasteiger partial charge in [-0.15, -0.1) is 0 Å². The molecule has 29 heavy (non-hydrogen) atoms. The summed E-state index contributed by atoms with van der Waals surface area (Å²) >= 11 is 0. The van der Waals surface area contributed by atoms with Gasteiger partial charge >= 0.3 is 5.97 Å². The first-order valence-electron chi connectivity index (χ1n) is 9.40. The van der Waals surface area contributed by atoms with Gasteiger partial charge in [-0.1, -0.05) is 17.2 Å². The molecule has 1 aliphatic carbocycles. The number of methoxy groups -OCH3 is 1. The molecule has 7 heteroatoms. The SMILES string of the molecule is COc1ccc2c(c1)c(C(=O)ON1C(=O)c3ccccc3C1=O)c(C)n2C1CC1. The molecule has 1 saturated carbocycles. The second-order valence-corrected chi connectivity index (χ2v) is 7.27. The summed E-state index contributed by atoms with van der Waals surface area (Å²) in [6.45, 7) is 1.85. The van der Waals surface area contributed by atoms with Gasteiger partial charge in [-0.05, 0) is 50.1 Å². The minimum Gasteiger partial charge on any atom is -0.497 e. The Labute approximate surface area is 166 Å². The van der Waals surface area contributed by atoms with Crippen molar-refractivity contribution >= 4 is 28.7 Å². The Morgan fingerprint density at radius 1 is 1.03 bits per heavy atom. The van der Waals surface area contributed by atoms with Crippen LogP contribution >= 0.6 is 0 Å². The number of aromatic nitrogens is 1. The summed E-state index contributed by atoms with van der Waals surface area (Å²) in [5, 5.41) is 1.22. The monoisotopic (exact) mass is 390 g/mol. The maximum Gasteiger partial charge on any atom is 0.366 e. The Hall–Kier alpha value is -3.61. The molecule has 3 aromatic rings. The lowest BCUT2D eigenvalue weighted by Gasteiger charge is -2.13. The Balaban J connectivity index is 1.56. The summed E-state index contributed by atoms with van der Waals surface area (Å²) in [6, 6.07) is 12.3. The number of carbonyl (C=O) groups excluding carboxylic acids is 3. The van der Waals surface area contributed by atoms with Gasteiger partial charge in [-0.25, -0.2) is 4.79 Å². The summed E-state index contributed by atoms with van der Waals surface area (Å²) in [6.07, 6.45) is 2.09. The lowest BCUT2D eigenvalue weighted by Crippen LogP contribution is -2.32. The van der Waals surface area contributed by atoms with E-state index < -0.39 is 17.8 Å². The van der Waals surface area contributed by atoms with E-state index in [2.05, 4.69) is 4.57 Å². The largest absolute Gasteiger partial charge is 0.497 e. The molecule has 146 valence electrons. The van der Waals surface area contributed by atoms with Crippen LogP contribution in [0.1, 0.15) is 55.7 Å². The summed E-state index contributed by atoms with van der Waals surface area (Å²) in [4.78, 5) is 43.5. The van der Waals surface area contributed by atoms with Crippen LogP contribution in [-0.2, 0) is 4.84 Å². The van der Waals surface area contributed by atoms with Crippen LogP contribution in [0.2, 0.25) is 0 Å². The van der Waals surface area contributed by atoms with Gasteiger partial charge in [0.1, 0.15) is 5.75 Å². The lowest BCUT2D eigenvalue weighted by atomic mass is 10.1. The zero-order valence-corrected chi connectivity index (χ0v) is 16.0. The Morgan fingerprint density at radius 2 is 1.69 bits per heavy atom. The van der Waals surface area contributed by atoms with E-state index >= 15 is 0 Å². The van der Waals surface area contributed by atoms with Crippen molar-refractivity contribution in [2.24, 2.45) is 0 Å². The molecule has 0 unspecified atom stereocenters. The summed E-state index contributed by atoms with van der Waals surface area (Å²) in [5.74, 6) is -1.41. The number of hydroxylamine groups is 2. The smallest absolute Gasteiger partial charge is 0.366 e. The first kappa shape index (κ1) is 17.5. The fourth-order valence-electron chi connectivity index (χ4n) is 3.99. The molecule has 0 radical (unpaired) electrons. The second-order valence-electron chi connectivity index (χ2n) is 7.27. The van der Waals surface area contributed by atoms with Crippen molar-refractivity contribution in [1.82, 2.24) is 9.63 Å². The van der Waals surface area contributed by atoms with Gasteiger partial charge < -0.3 is 14.1 Å². The number of carbonyl (C=O) groups is 3.